The van der Waals surface area contributed by atoms with Crippen molar-refractivity contribution in [1.82, 2.24) is 0 Å². The van der Waals surface area contributed by atoms with Gasteiger partial charge in [0, 0.05) is 0 Å². The van der Waals surface area contributed by atoms with Gasteiger partial charge >= 0.3 is 0 Å². The summed E-state index contributed by atoms with van der Waals surface area (Å²) in [7, 11) is 0. The molecule has 1 fully saturated rings. The SMILES string of the molecule is CCC[C@@](O)(C[NH+]1CCOCC1)c1ccc(OCC)cc1. The summed E-state index contributed by atoms with van der Waals surface area (Å²) in [6, 6.07) is 7.91. The monoisotopic (exact) mass is 294 g/mol. The van der Waals surface area contributed by atoms with Crippen LogP contribution in [0, 0.1) is 0 Å². The number of aliphatic hydroxyl groups is 1. The molecule has 4 heteroatoms. The first-order chi connectivity index (χ1) is 10.2. The largest absolute Gasteiger partial charge is 0.494 e. The molecule has 0 spiro atoms. The summed E-state index contributed by atoms with van der Waals surface area (Å²) in [6.45, 7) is 9.04. The molecule has 0 unspecified atom stereocenters. The zero-order valence-electron chi connectivity index (χ0n) is 13.2. The molecular formula is C17H28NO3+. The van der Waals surface area contributed by atoms with Crippen molar-refractivity contribution in [2.24, 2.45) is 0 Å². The Hall–Kier alpha value is -1.10. The van der Waals surface area contributed by atoms with Crippen LogP contribution in [0.25, 0.3) is 0 Å². The van der Waals surface area contributed by atoms with Crippen molar-refractivity contribution in [3.63, 3.8) is 0 Å². The molecule has 1 aromatic rings. The van der Waals surface area contributed by atoms with Gasteiger partial charge in [-0.25, -0.2) is 0 Å². The fraction of sp³-hybridized carbons (Fsp3) is 0.647. The van der Waals surface area contributed by atoms with Gasteiger partial charge in [0.1, 0.15) is 31.0 Å². The van der Waals surface area contributed by atoms with Gasteiger partial charge in [0.25, 0.3) is 0 Å². The summed E-state index contributed by atoms with van der Waals surface area (Å²) in [5.74, 6) is 0.860. The molecule has 0 radical (unpaired) electrons. The van der Waals surface area contributed by atoms with E-state index in [9.17, 15) is 5.11 Å². The van der Waals surface area contributed by atoms with E-state index >= 15 is 0 Å². The maximum absolute atomic E-state index is 11.2. The van der Waals surface area contributed by atoms with Gasteiger partial charge in [-0.2, -0.15) is 0 Å². The van der Waals surface area contributed by atoms with E-state index in [1.165, 1.54) is 4.90 Å². The van der Waals surface area contributed by atoms with E-state index in [0.717, 1.165) is 57.0 Å². The average molecular weight is 294 g/mol. The molecule has 0 aromatic heterocycles. The Morgan fingerprint density at radius 1 is 1.19 bits per heavy atom. The molecule has 1 aliphatic rings. The second kappa shape index (κ2) is 7.78. The van der Waals surface area contributed by atoms with Crippen molar-refractivity contribution in [3.8, 4) is 5.75 Å². The first-order valence-electron chi connectivity index (χ1n) is 8.05. The number of benzene rings is 1. The van der Waals surface area contributed by atoms with E-state index in [0.29, 0.717) is 6.61 Å². The Labute approximate surface area is 127 Å². The predicted molar refractivity (Wildman–Crippen MR) is 82.8 cm³/mol. The third kappa shape index (κ3) is 4.43. The number of quaternary nitrogens is 1. The van der Waals surface area contributed by atoms with Crippen LogP contribution in [-0.4, -0.2) is 44.6 Å². The minimum absolute atomic E-state index is 0.663. The molecule has 118 valence electrons. The van der Waals surface area contributed by atoms with Crippen molar-refractivity contribution in [3.05, 3.63) is 29.8 Å². The molecule has 0 saturated carbocycles. The first-order valence-corrected chi connectivity index (χ1v) is 8.05. The Balaban J connectivity index is 2.11. The molecule has 1 atom stereocenters. The lowest BCUT2D eigenvalue weighted by Gasteiger charge is -2.34. The smallest absolute Gasteiger partial charge is 0.138 e. The fourth-order valence-corrected chi connectivity index (χ4v) is 3.03. The van der Waals surface area contributed by atoms with Gasteiger partial charge < -0.3 is 19.5 Å². The first kappa shape index (κ1) is 16.3. The highest BCUT2D eigenvalue weighted by atomic mass is 16.5. The number of nitrogens with one attached hydrogen (secondary N) is 1. The summed E-state index contributed by atoms with van der Waals surface area (Å²) in [6.07, 6.45) is 1.75. The standard InChI is InChI=1S/C17H27NO3/c1-3-9-17(19,14-18-10-12-20-13-11-18)15-5-7-16(8-6-15)21-4-2/h5-8,19H,3-4,9-14H2,1-2H3/p+1/t17-/m1/s1. The molecular weight excluding hydrogens is 266 g/mol. The molecule has 1 aromatic carbocycles. The third-order valence-corrected chi connectivity index (χ3v) is 4.11. The van der Waals surface area contributed by atoms with Gasteiger partial charge in [0.05, 0.1) is 19.8 Å². The van der Waals surface area contributed by atoms with Crippen LogP contribution in [0.3, 0.4) is 0 Å². The molecule has 0 bridgehead atoms. The van der Waals surface area contributed by atoms with Crippen LogP contribution < -0.4 is 9.64 Å². The van der Waals surface area contributed by atoms with Gasteiger partial charge in [0.15, 0.2) is 0 Å². The summed E-state index contributed by atoms with van der Waals surface area (Å²) in [5, 5.41) is 11.2. The maximum Gasteiger partial charge on any atom is 0.138 e. The van der Waals surface area contributed by atoms with Crippen LogP contribution in [0.1, 0.15) is 32.3 Å². The lowest BCUT2D eigenvalue weighted by molar-refractivity contribution is -0.915. The van der Waals surface area contributed by atoms with Crippen LogP contribution in [0.15, 0.2) is 24.3 Å². The van der Waals surface area contributed by atoms with Crippen LogP contribution >= 0.6 is 0 Å². The normalized spacial score (nSPS) is 19.2. The zero-order valence-corrected chi connectivity index (χ0v) is 13.2. The molecule has 2 rings (SSSR count). The van der Waals surface area contributed by atoms with Crippen molar-refractivity contribution < 1.29 is 19.5 Å². The highest BCUT2D eigenvalue weighted by molar-refractivity contribution is 5.31. The minimum atomic E-state index is -0.758. The second-order valence-corrected chi connectivity index (χ2v) is 5.78. The van der Waals surface area contributed by atoms with Gasteiger partial charge in [-0.15, -0.1) is 0 Å². The lowest BCUT2D eigenvalue weighted by Crippen LogP contribution is -3.15. The lowest BCUT2D eigenvalue weighted by atomic mass is 9.88. The third-order valence-electron chi connectivity index (χ3n) is 4.11. The van der Waals surface area contributed by atoms with Gasteiger partial charge in [0.2, 0.25) is 0 Å². The number of ether oxygens (including phenoxy) is 2. The van der Waals surface area contributed by atoms with E-state index in [4.69, 9.17) is 9.47 Å². The molecule has 1 heterocycles. The molecule has 1 aliphatic heterocycles. The molecule has 0 aliphatic carbocycles. The predicted octanol–water partition coefficient (Wildman–Crippen LogP) is 0.988. The van der Waals surface area contributed by atoms with E-state index in [1.54, 1.807) is 0 Å². The van der Waals surface area contributed by atoms with Crippen LogP contribution in [0.4, 0.5) is 0 Å². The molecule has 1 saturated heterocycles. The Morgan fingerprint density at radius 3 is 2.43 bits per heavy atom. The van der Waals surface area contributed by atoms with E-state index in [2.05, 4.69) is 6.92 Å². The van der Waals surface area contributed by atoms with Crippen molar-refractivity contribution >= 4 is 0 Å². The minimum Gasteiger partial charge on any atom is -0.494 e. The number of hydrogen-bond donors (Lipinski definition) is 2. The van der Waals surface area contributed by atoms with Crippen molar-refractivity contribution in [2.75, 3.05) is 39.5 Å². The number of hydrogen-bond acceptors (Lipinski definition) is 3. The Kier molecular flexibility index (Phi) is 6.03. The van der Waals surface area contributed by atoms with Gasteiger partial charge in [-0.1, -0.05) is 25.5 Å². The fourth-order valence-electron chi connectivity index (χ4n) is 3.03. The Morgan fingerprint density at radius 2 is 1.86 bits per heavy atom. The molecule has 21 heavy (non-hydrogen) atoms. The summed E-state index contributed by atoms with van der Waals surface area (Å²) in [5.41, 5.74) is 0.235. The topological polar surface area (TPSA) is 43.1 Å². The highest BCUT2D eigenvalue weighted by Crippen LogP contribution is 2.27. The van der Waals surface area contributed by atoms with E-state index < -0.39 is 5.60 Å². The van der Waals surface area contributed by atoms with Crippen LogP contribution in [0.5, 0.6) is 5.75 Å². The van der Waals surface area contributed by atoms with Gasteiger partial charge in [-0.05, 0) is 31.0 Å². The quantitative estimate of drug-likeness (QED) is 0.788. The van der Waals surface area contributed by atoms with E-state index in [-0.39, 0.29) is 0 Å². The molecule has 2 N–H and O–H groups in total. The van der Waals surface area contributed by atoms with Crippen molar-refractivity contribution in [1.29, 1.82) is 0 Å². The van der Waals surface area contributed by atoms with Crippen molar-refractivity contribution in [2.45, 2.75) is 32.3 Å². The zero-order chi connectivity index (χ0) is 15.1. The Bertz CT molecular complexity index is 415. The maximum atomic E-state index is 11.2. The molecule has 4 nitrogen and oxygen atoms in total. The summed E-state index contributed by atoms with van der Waals surface area (Å²) in [4.78, 5) is 1.42. The van der Waals surface area contributed by atoms with Crippen LogP contribution in [-0.2, 0) is 10.3 Å². The summed E-state index contributed by atoms with van der Waals surface area (Å²) >= 11 is 0. The average Bonchev–Trinajstić information content (AvgIpc) is 2.49. The van der Waals surface area contributed by atoms with Gasteiger partial charge in [-0.3, -0.25) is 0 Å². The van der Waals surface area contributed by atoms with Crippen LogP contribution in [0.2, 0.25) is 0 Å². The van der Waals surface area contributed by atoms with E-state index in [1.807, 2.05) is 31.2 Å². The number of rotatable bonds is 7. The number of morpholine rings is 1. The molecule has 0 amide bonds. The second-order valence-electron chi connectivity index (χ2n) is 5.78. The summed E-state index contributed by atoms with van der Waals surface area (Å²) < 4.78 is 10.9. The highest BCUT2D eigenvalue weighted by Gasteiger charge is 2.34.